The maximum Gasteiger partial charge on any atom is 0.231 e. The Bertz CT molecular complexity index is 890. The molecule has 0 N–H and O–H groups in total. The summed E-state index contributed by atoms with van der Waals surface area (Å²) >= 11 is 5.95. The number of hydrogen-bond acceptors (Lipinski definition) is 4. The SMILES string of the molecule is O=C1c2ccccc2C(=O)c2oc(-c3cccc(Cl)c3)nc21. The Morgan fingerprint density at radius 2 is 1.64 bits per heavy atom. The third-order valence-electron chi connectivity index (χ3n) is 3.54. The predicted octanol–water partition coefficient (Wildman–Crippen LogP) is 3.77. The van der Waals surface area contributed by atoms with Gasteiger partial charge in [-0.1, -0.05) is 41.9 Å². The summed E-state index contributed by atoms with van der Waals surface area (Å²) in [5.74, 6) is -0.436. The van der Waals surface area contributed by atoms with E-state index in [1.54, 1.807) is 48.5 Å². The average molecular weight is 310 g/mol. The smallest absolute Gasteiger partial charge is 0.231 e. The van der Waals surface area contributed by atoms with Crippen LogP contribution in [0.25, 0.3) is 11.5 Å². The highest BCUT2D eigenvalue weighted by Crippen LogP contribution is 2.31. The van der Waals surface area contributed by atoms with E-state index in [9.17, 15) is 9.59 Å². The molecule has 0 radical (unpaired) electrons. The number of hydrogen-bond donors (Lipinski definition) is 0. The van der Waals surface area contributed by atoms with E-state index in [2.05, 4.69) is 4.98 Å². The van der Waals surface area contributed by atoms with Gasteiger partial charge in [-0.2, -0.15) is 0 Å². The number of aromatic nitrogens is 1. The van der Waals surface area contributed by atoms with Crippen molar-refractivity contribution in [2.75, 3.05) is 0 Å². The number of oxazole rings is 1. The van der Waals surface area contributed by atoms with Crippen LogP contribution < -0.4 is 0 Å². The van der Waals surface area contributed by atoms with E-state index in [1.807, 2.05) is 0 Å². The summed E-state index contributed by atoms with van der Waals surface area (Å²) < 4.78 is 5.55. The Hall–Kier alpha value is -2.72. The van der Waals surface area contributed by atoms with Gasteiger partial charge in [-0.25, -0.2) is 4.98 Å². The van der Waals surface area contributed by atoms with Crippen molar-refractivity contribution in [3.63, 3.8) is 0 Å². The van der Waals surface area contributed by atoms with E-state index in [0.29, 0.717) is 21.7 Å². The highest BCUT2D eigenvalue weighted by atomic mass is 35.5. The second kappa shape index (κ2) is 4.64. The predicted molar refractivity (Wildman–Crippen MR) is 80.3 cm³/mol. The maximum absolute atomic E-state index is 12.5. The van der Waals surface area contributed by atoms with Gasteiger partial charge in [0.05, 0.1) is 0 Å². The van der Waals surface area contributed by atoms with Crippen molar-refractivity contribution < 1.29 is 14.0 Å². The zero-order chi connectivity index (χ0) is 15.3. The minimum Gasteiger partial charge on any atom is -0.432 e. The fraction of sp³-hybridized carbons (Fsp3) is 0. The largest absolute Gasteiger partial charge is 0.432 e. The number of benzene rings is 2. The van der Waals surface area contributed by atoms with Gasteiger partial charge in [-0.3, -0.25) is 9.59 Å². The first-order valence-electron chi connectivity index (χ1n) is 6.60. The number of carbonyl (C=O) groups excluding carboxylic acids is 2. The highest BCUT2D eigenvalue weighted by Gasteiger charge is 2.35. The summed E-state index contributed by atoms with van der Waals surface area (Å²) in [4.78, 5) is 29.1. The van der Waals surface area contributed by atoms with Crippen LogP contribution in [0.2, 0.25) is 5.02 Å². The summed E-state index contributed by atoms with van der Waals surface area (Å²) in [6, 6.07) is 13.5. The van der Waals surface area contributed by atoms with Crippen LogP contribution in [-0.2, 0) is 0 Å². The molecule has 0 spiro atoms. The van der Waals surface area contributed by atoms with Gasteiger partial charge in [-0.05, 0) is 18.2 Å². The van der Waals surface area contributed by atoms with E-state index in [0.717, 1.165) is 0 Å². The second-order valence-corrected chi connectivity index (χ2v) is 5.35. The Morgan fingerprint density at radius 3 is 2.36 bits per heavy atom. The number of rotatable bonds is 1. The molecule has 1 aliphatic carbocycles. The van der Waals surface area contributed by atoms with Crippen molar-refractivity contribution in [3.05, 3.63) is 76.1 Å². The number of fused-ring (bicyclic) bond motifs is 2. The first-order valence-corrected chi connectivity index (χ1v) is 6.98. The van der Waals surface area contributed by atoms with E-state index in [1.165, 1.54) is 0 Å². The fourth-order valence-corrected chi connectivity index (χ4v) is 2.69. The molecule has 0 saturated heterocycles. The lowest BCUT2D eigenvalue weighted by molar-refractivity contribution is 0.0959. The molecule has 5 heteroatoms. The number of ketones is 2. The fourth-order valence-electron chi connectivity index (χ4n) is 2.50. The molecule has 1 aromatic heterocycles. The van der Waals surface area contributed by atoms with E-state index < -0.39 is 0 Å². The topological polar surface area (TPSA) is 60.2 Å². The Balaban J connectivity index is 1.90. The molecule has 1 heterocycles. The van der Waals surface area contributed by atoms with Crippen molar-refractivity contribution >= 4 is 23.2 Å². The van der Waals surface area contributed by atoms with Gasteiger partial charge in [0.2, 0.25) is 23.2 Å². The molecule has 106 valence electrons. The summed E-state index contributed by atoms with van der Waals surface area (Å²) in [6.07, 6.45) is 0. The minimum atomic E-state index is -0.328. The first kappa shape index (κ1) is 13.0. The van der Waals surface area contributed by atoms with Crippen molar-refractivity contribution in [1.82, 2.24) is 4.98 Å². The van der Waals surface area contributed by atoms with Crippen LogP contribution in [0.3, 0.4) is 0 Å². The summed E-state index contributed by atoms with van der Waals surface area (Å²) in [7, 11) is 0. The summed E-state index contributed by atoms with van der Waals surface area (Å²) in [5, 5.41) is 0.523. The number of halogens is 1. The Labute approximate surface area is 130 Å². The molecular formula is C17H8ClNO3. The summed E-state index contributed by atoms with van der Waals surface area (Å²) in [6.45, 7) is 0. The molecule has 1 aliphatic rings. The van der Waals surface area contributed by atoms with Crippen molar-refractivity contribution in [2.24, 2.45) is 0 Å². The normalized spacial score (nSPS) is 13.0. The second-order valence-electron chi connectivity index (χ2n) is 4.91. The van der Waals surface area contributed by atoms with E-state index in [4.69, 9.17) is 16.0 Å². The molecule has 0 aliphatic heterocycles. The molecule has 22 heavy (non-hydrogen) atoms. The zero-order valence-electron chi connectivity index (χ0n) is 11.2. The molecule has 4 rings (SSSR count). The summed E-state index contributed by atoms with van der Waals surface area (Å²) in [5.41, 5.74) is 1.37. The van der Waals surface area contributed by atoms with E-state index >= 15 is 0 Å². The molecule has 0 bridgehead atoms. The lowest BCUT2D eigenvalue weighted by Gasteiger charge is -2.10. The minimum absolute atomic E-state index is 0.0151. The van der Waals surface area contributed by atoms with Crippen molar-refractivity contribution in [3.8, 4) is 11.5 Å². The number of carbonyl (C=O) groups is 2. The van der Waals surface area contributed by atoms with Crippen LogP contribution in [0.1, 0.15) is 32.2 Å². The zero-order valence-corrected chi connectivity index (χ0v) is 11.9. The van der Waals surface area contributed by atoms with Crippen molar-refractivity contribution in [2.45, 2.75) is 0 Å². The van der Waals surface area contributed by atoms with Crippen LogP contribution in [-0.4, -0.2) is 16.6 Å². The standard InChI is InChI=1S/C17H8ClNO3/c18-10-5-3-4-9(8-10)17-19-13-14(20)11-6-1-2-7-12(11)15(21)16(13)22-17/h1-8H. The van der Waals surface area contributed by atoms with Crippen LogP contribution >= 0.6 is 11.6 Å². The monoisotopic (exact) mass is 309 g/mol. The van der Waals surface area contributed by atoms with Gasteiger partial charge in [0.15, 0.2) is 5.69 Å². The van der Waals surface area contributed by atoms with Crippen LogP contribution in [0.15, 0.2) is 52.9 Å². The Morgan fingerprint density at radius 1 is 0.909 bits per heavy atom. The Kier molecular flexibility index (Phi) is 2.74. The maximum atomic E-state index is 12.5. The molecule has 2 aromatic carbocycles. The van der Waals surface area contributed by atoms with Gasteiger partial charge < -0.3 is 4.42 Å². The molecule has 0 saturated carbocycles. The van der Waals surface area contributed by atoms with Gasteiger partial charge >= 0.3 is 0 Å². The van der Waals surface area contributed by atoms with Gasteiger partial charge in [-0.15, -0.1) is 0 Å². The molecule has 4 nitrogen and oxygen atoms in total. The molecular weight excluding hydrogens is 302 g/mol. The molecule has 0 fully saturated rings. The highest BCUT2D eigenvalue weighted by molar-refractivity contribution is 6.31. The quantitative estimate of drug-likeness (QED) is 0.537. The molecule has 0 atom stereocenters. The lowest BCUT2D eigenvalue weighted by atomic mass is 9.91. The third kappa shape index (κ3) is 1.81. The van der Waals surface area contributed by atoms with Gasteiger partial charge in [0.1, 0.15) is 0 Å². The average Bonchev–Trinajstić information content (AvgIpc) is 2.98. The lowest BCUT2D eigenvalue weighted by Crippen LogP contribution is -2.19. The molecule has 0 unspecified atom stereocenters. The number of nitrogens with zero attached hydrogens (tertiary/aromatic N) is 1. The molecule has 0 amide bonds. The van der Waals surface area contributed by atoms with E-state index in [-0.39, 0.29) is 28.9 Å². The van der Waals surface area contributed by atoms with Crippen LogP contribution in [0.4, 0.5) is 0 Å². The van der Waals surface area contributed by atoms with Gasteiger partial charge in [0.25, 0.3) is 0 Å². The molecule has 3 aromatic rings. The van der Waals surface area contributed by atoms with Crippen LogP contribution in [0, 0.1) is 0 Å². The van der Waals surface area contributed by atoms with Crippen molar-refractivity contribution in [1.29, 1.82) is 0 Å². The third-order valence-corrected chi connectivity index (χ3v) is 3.77. The first-order chi connectivity index (χ1) is 10.6. The van der Waals surface area contributed by atoms with Crippen LogP contribution in [0.5, 0.6) is 0 Å². The van der Waals surface area contributed by atoms with Gasteiger partial charge in [0, 0.05) is 21.7 Å².